The number of amidine groups is 1. The SMILES string of the molecule is CC1CC2CSC(N)=NC2(c2nc(NC(=O)c3ccc(OC(F)F)cn3)ccc2F)CO1. The zero-order chi connectivity index (χ0) is 22.9. The predicted octanol–water partition coefficient (Wildman–Crippen LogP) is 3.15. The van der Waals surface area contributed by atoms with Crippen molar-refractivity contribution in [2.45, 2.75) is 31.6 Å². The molecule has 0 saturated carbocycles. The molecule has 0 spiro atoms. The molecule has 3 unspecified atom stereocenters. The van der Waals surface area contributed by atoms with Gasteiger partial charge in [-0.15, -0.1) is 0 Å². The number of hydrogen-bond acceptors (Lipinski definition) is 8. The Morgan fingerprint density at radius 2 is 2.19 bits per heavy atom. The first-order valence-electron chi connectivity index (χ1n) is 9.76. The third kappa shape index (κ3) is 4.51. The van der Waals surface area contributed by atoms with E-state index in [0.29, 0.717) is 17.3 Å². The summed E-state index contributed by atoms with van der Waals surface area (Å²) in [5, 5.41) is 2.87. The van der Waals surface area contributed by atoms with Gasteiger partial charge in [-0.2, -0.15) is 8.78 Å². The number of thioether (sulfide) groups is 1. The molecule has 4 rings (SSSR count). The van der Waals surface area contributed by atoms with Gasteiger partial charge in [-0.1, -0.05) is 11.8 Å². The quantitative estimate of drug-likeness (QED) is 0.695. The van der Waals surface area contributed by atoms with Gasteiger partial charge in [0, 0.05) is 11.7 Å². The lowest BCUT2D eigenvalue weighted by molar-refractivity contribution is -0.0501. The largest absolute Gasteiger partial charge is 0.433 e. The standard InChI is InChI=1S/C20H20F3N5O3S/c1-10-6-11-8-32-19(24)28-20(11,9-30-10)16-13(21)3-5-15(26-16)27-17(29)14-4-2-12(7-25-14)31-18(22)23/h2-5,7,10-11,18H,6,8-9H2,1H3,(H2,24,28)(H,26,27,29). The van der Waals surface area contributed by atoms with Crippen molar-refractivity contribution in [2.75, 3.05) is 17.7 Å². The Morgan fingerprint density at radius 3 is 2.91 bits per heavy atom. The van der Waals surface area contributed by atoms with E-state index in [9.17, 15) is 18.0 Å². The van der Waals surface area contributed by atoms with Gasteiger partial charge in [-0.3, -0.25) is 4.79 Å². The summed E-state index contributed by atoms with van der Waals surface area (Å²) < 4.78 is 49.4. The number of alkyl halides is 2. The zero-order valence-corrected chi connectivity index (χ0v) is 17.7. The van der Waals surface area contributed by atoms with Crippen molar-refractivity contribution in [3.63, 3.8) is 0 Å². The highest BCUT2D eigenvalue weighted by Crippen LogP contribution is 2.46. The number of ether oxygens (including phenoxy) is 2. The zero-order valence-electron chi connectivity index (χ0n) is 16.9. The fourth-order valence-corrected chi connectivity index (χ4v) is 4.80. The average Bonchev–Trinajstić information content (AvgIpc) is 2.75. The number of rotatable bonds is 5. The molecule has 1 amide bonds. The molecule has 2 aliphatic rings. The highest BCUT2D eigenvalue weighted by Gasteiger charge is 2.50. The maximum Gasteiger partial charge on any atom is 0.387 e. The number of nitrogens with one attached hydrogen (secondary N) is 1. The van der Waals surface area contributed by atoms with Crippen LogP contribution >= 0.6 is 11.8 Å². The molecule has 12 heteroatoms. The molecule has 3 N–H and O–H groups in total. The van der Waals surface area contributed by atoms with E-state index < -0.39 is 23.9 Å². The van der Waals surface area contributed by atoms with E-state index in [2.05, 4.69) is 25.0 Å². The van der Waals surface area contributed by atoms with Crippen molar-refractivity contribution >= 4 is 28.7 Å². The van der Waals surface area contributed by atoms with Crippen LogP contribution < -0.4 is 15.8 Å². The minimum absolute atomic E-state index is 0.00251. The van der Waals surface area contributed by atoms with Crippen molar-refractivity contribution in [1.29, 1.82) is 0 Å². The molecule has 8 nitrogen and oxygen atoms in total. The van der Waals surface area contributed by atoms with Gasteiger partial charge in [0.15, 0.2) is 5.17 Å². The van der Waals surface area contributed by atoms with Crippen molar-refractivity contribution in [3.8, 4) is 5.75 Å². The Kier molecular flexibility index (Phi) is 6.24. The number of nitrogens with two attached hydrogens (primary N) is 1. The van der Waals surface area contributed by atoms with Gasteiger partial charge in [-0.25, -0.2) is 19.4 Å². The molecule has 1 saturated heterocycles. The minimum Gasteiger partial charge on any atom is -0.433 e. The molecule has 0 bridgehead atoms. The fraction of sp³-hybridized carbons (Fsp3) is 0.400. The van der Waals surface area contributed by atoms with Crippen molar-refractivity contribution in [2.24, 2.45) is 16.6 Å². The number of anilines is 1. The Labute approximate surface area is 185 Å². The van der Waals surface area contributed by atoms with Gasteiger partial charge < -0.3 is 20.5 Å². The van der Waals surface area contributed by atoms with E-state index in [4.69, 9.17) is 10.5 Å². The monoisotopic (exact) mass is 467 g/mol. The Morgan fingerprint density at radius 1 is 1.38 bits per heavy atom. The summed E-state index contributed by atoms with van der Waals surface area (Å²) in [6.45, 7) is -0.932. The average molecular weight is 467 g/mol. The lowest BCUT2D eigenvalue weighted by Crippen LogP contribution is -2.50. The summed E-state index contributed by atoms with van der Waals surface area (Å²) >= 11 is 1.41. The number of carbonyl (C=O) groups excluding carboxylic acids is 1. The van der Waals surface area contributed by atoms with Crippen LogP contribution in [0.2, 0.25) is 0 Å². The van der Waals surface area contributed by atoms with E-state index in [1.165, 1.54) is 36.0 Å². The van der Waals surface area contributed by atoms with Gasteiger partial charge in [0.05, 0.1) is 18.9 Å². The van der Waals surface area contributed by atoms with Gasteiger partial charge in [0.25, 0.3) is 5.91 Å². The van der Waals surface area contributed by atoms with Crippen LogP contribution in [0.15, 0.2) is 35.5 Å². The summed E-state index contributed by atoms with van der Waals surface area (Å²) in [6, 6.07) is 4.93. The molecular weight excluding hydrogens is 447 g/mol. The number of halogens is 3. The first kappa shape index (κ1) is 22.3. The molecular formula is C20H20F3N5O3S. The van der Waals surface area contributed by atoms with Crippen LogP contribution in [0.5, 0.6) is 5.75 Å². The number of aromatic nitrogens is 2. The molecule has 2 aromatic heterocycles. The molecule has 0 radical (unpaired) electrons. The van der Waals surface area contributed by atoms with Crippen LogP contribution in [0.25, 0.3) is 0 Å². The van der Waals surface area contributed by atoms with Crippen molar-refractivity contribution in [1.82, 2.24) is 9.97 Å². The van der Waals surface area contributed by atoms with Crippen LogP contribution in [-0.2, 0) is 10.3 Å². The van der Waals surface area contributed by atoms with E-state index >= 15 is 0 Å². The molecule has 0 aliphatic carbocycles. The number of fused-ring (bicyclic) bond motifs is 1. The number of nitrogens with zero attached hydrogens (tertiary/aromatic N) is 3. The first-order chi connectivity index (χ1) is 15.3. The Bertz CT molecular complexity index is 1040. The van der Waals surface area contributed by atoms with Crippen LogP contribution in [0.3, 0.4) is 0 Å². The smallest absolute Gasteiger partial charge is 0.387 e. The van der Waals surface area contributed by atoms with Crippen LogP contribution in [-0.4, -0.2) is 46.1 Å². The van der Waals surface area contributed by atoms with Crippen LogP contribution in [0.4, 0.5) is 19.0 Å². The first-order valence-corrected chi connectivity index (χ1v) is 10.7. The summed E-state index contributed by atoms with van der Waals surface area (Å²) in [7, 11) is 0. The summed E-state index contributed by atoms with van der Waals surface area (Å²) in [5.41, 5.74) is 4.87. The Balaban J connectivity index is 1.60. The second kappa shape index (κ2) is 8.94. The maximum absolute atomic E-state index is 14.9. The van der Waals surface area contributed by atoms with Crippen molar-refractivity contribution in [3.05, 3.63) is 47.7 Å². The third-order valence-corrected chi connectivity index (χ3v) is 6.27. The van der Waals surface area contributed by atoms with Gasteiger partial charge >= 0.3 is 6.61 Å². The number of aliphatic imine (C=N–C) groups is 1. The third-order valence-electron chi connectivity index (χ3n) is 5.31. The van der Waals surface area contributed by atoms with Gasteiger partial charge in [-0.05, 0) is 37.6 Å². The van der Waals surface area contributed by atoms with Crippen LogP contribution in [0.1, 0.15) is 29.5 Å². The van der Waals surface area contributed by atoms with E-state index in [1.54, 1.807) is 0 Å². The van der Waals surface area contributed by atoms with Crippen LogP contribution in [0, 0.1) is 11.7 Å². The van der Waals surface area contributed by atoms with E-state index in [1.807, 2.05) is 6.92 Å². The maximum atomic E-state index is 14.9. The summed E-state index contributed by atoms with van der Waals surface area (Å²) in [5.74, 6) is -0.719. The molecule has 2 aliphatic heterocycles. The molecule has 170 valence electrons. The summed E-state index contributed by atoms with van der Waals surface area (Å²) in [6.07, 6.45) is 1.67. The normalized spacial score (nSPS) is 25.1. The minimum atomic E-state index is -3.00. The number of hydrogen-bond donors (Lipinski definition) is 2. The number of pyridine rings is 2. The molecule has 1 fully saturated rings. The topological polar surface area (TPSA) is 112 Å². The molecule has 2 aromatic rings. The highest BCUT2D eigenvalue weighted by atomic mass is 32.2. The predicted molar refractivity (Wildman–Crippen MR) is 112 cm³/mol. The number of amides is 1. The van der Waals surface area contributed by atoms with E-state index in [0.717, 1.165) is 6.20 Å². The molecule has 3 atom stereocenters. The Hall–Kier alpha value is -2.86. The molecule has 0 aromatic carbocycles. The second-order valence-electron chi connectivity index (χ2n) is 7.48. The fourth-order valence-electron chi connectivity index (χ4n) is 3.79. The number of carbonyl (C=O) groups is 1. The summed E-state index contributed by atoms with van der Waals surface area (Å²) in [4.78, 5) is 25.2. The van der Waals surface area contributed by atoms with Gasteiger partial charge in [0.2, 0.25) is 0 Å². The highest BCUT2D eigenvalue weighted by molar-refractivity contribution is 8.13. The van der Waals surface area contributed by atoms with Gasteiger partial charge in [0.1, 0.15) is 34.3 Å². The lowest BCUT2D eigenvalue weighted by Gasteiger charge is -2.45. The van der Waals surface area contributed by atoms with E-state index in [-0.39, 0.29) is 41.6 Å². The molecule has 4 heterocycles. The molecule has 32 heavy (non-hydrogen) atoms. The second-order valence-corrected chi connectivity index (χ2v) is 8.52. The van der Waals surface area contributed by atoms with Crippen molar-refractivity contribution < 1.29 is 27.4 Å². The lowest BCUT2D eigenvalue weighted by atomic mass is 9.77.